The number of nitrogens with zero attached hydrogens (tertiary/aromatic N) is 3. The molecule has 2 aromatic carbocycles. The van der Waals surface area contributed by atoms with Crippen LogP contribution in [0.3, 0.4) is 0 Å². The summed E-state index contributed by atoms with van der Waals surface area (Å²) < 4.78 is 4.15. The molecule has 1 heterocycles. The molecule has 0 unspecified atom stereocenters. The Morgan fingerprint density at radius 2 is 1.83 bits per heavy atom. The molecule has 0 aliphatic heterocycles. The summed E-state index contributed by atoms with van der Waals surface area (Å²) in [5.41, 5.74) is 2.31. The lowest BCUT2D eigenvalue weighted by Gasteiger charge is -2.01. The van der Waals surface area contributed by atoms with Gasteiger partial charge in [-0.2, -0.15) is 0 Å². The van der Waals surface area contributed by atoms with Gasteiger partial charge >= 0.3 is 0 Å². The first-order valence-electron chi connectivity index (χ1n) is 7.70. The van der Waals surface area contributed by atoms with Crippen molar-refractivity contribution in [3.8, 4) is 0 Å². The molecule has 0 saturated carbocycles. The average molecular weight is 325 g/mol. The summed E-state index contributed by atoms with van der Waals surface area (Å²) in [4.78, 5) is 0. The molecule has 3 rings (SSSR count). The zero-order chi connectivity index (χ0) is 16.1. The van der Waals surface area contributed by atoms with Gasteiger partial charge in [-0.3, -0.25) is 0 Å². The normalized spacial score (nSPS) is 11.2. The van der Waals surface area contributed by atoms with E-state index in [1.807, 2.05) is 59.6 Å². The fourth-order valence-electron chi connectivity index (χ4n) is 2.52. The third kappa shape index (κ3) is 3.88. The van der Waals surface area contributed by atoms with Crippen molar-refractivity contribution in [3.63, 3.8) is 0 Å². The first kappa shape index (κ1) is 15.5. The zero-order valence-corrected chi connectivity index (χ0v) is 13.8. The molecule has 0 amide bonds. The number of hydrogen-bond donors (Lipinski definition) is 0. The minimum Gasteiger partial charge on any atom is -0.228 e. The molecule has 0 fully saturated rings. The lowest BCUT2D eigenvalue weighted by Crippen LogP contribution is -2.37. The zero-order valence-electron chi connectivity index (χ0n) is 13.1. The number of aromatic nitrogens is 2. The van der Waals surface area contributed by atoms with E-state index in [0.717, 1.165) is 29.4 Å². The van der Waals surface area contributed by atoms with Gasteiger partial charge in [0.1, 0.15) is 12.7 Å². The van der Waals surface area contributed by atoms with Crippen molar-refractivity contribution in [3.05, 3.63) is 89.0 Å². The largest absolute Gasteiger partial charge is 0.282 e. The van der Waals surface area contributed by atoms with E-state index in [4.69, 9.17) is 11.6 Å². The predicted octanol–water partition coefficient (Wildman–Crippen LogP) is 3.92. The summed E-state index contributed by atoms with van der Waals surface area (Å²) in [5, 5.41) is 5.34. The average Bonchev–Trinajstić information content (AvgIpc) is 2.97. The maximum Gasteiger partial charge on any atom is 0.282 e. The molecule has 0 bridgehead atoms. The van der Waals surface area contributed by atoms with Crippen molar-refractivity contribution in [2.24, 2.45) is 5.10 Å². The Morgan fingerprint density at radius 1 is 1.09 bits per heavy atom. The fourth-order valence-corrected chi connectivity index (χ4v) is 2.64. The molecule has 3 aromatic rings. The maximum atomic E-state index is 5.95. The number of imidazole rings is 1. The highest BCUT2D eigenvalue weighted by Crippen LogP contribution is 2.09. The molecule has 116 valence electrons. The fraction of sp³-hybridized carbons (Fsp3) is 0.158. The number of hydrogen-bond acceptors (Lipinski definition) is 1. The van der Waals surface area contributed by atoms with E-state index in [-0.39, 0.29) is 0 Å². The van der Waals surface area contributed by atoms with Gasteiger partial charge in [-0.15, -0.1) is 4.68 Å². The molecular weight excluding hydrogens is 306 g/mol. The van der Waals surface area contributed by atoms with Gasteiger partial charge < -0.3 is 0 Å². The molecule has 1 aromatic heterocycles. The van der Waals surface area contributed by atoms with Crippen LogP contribution in [-0.2, 0) is 13.0 Å². The summed E-state index contributed by atoms with van der Waals surface area (Å²) >= 11 is 5.95. The molecule has 0 aliphatic rings. The van der Waals surface area contributed by atoms with Gasteiger partial charge in [0.05, 0.1) is 6.21 Å². The molecule has 0 atom stereocenters. The molecule has 23 heavy (non-hydrogen) atoms. The van der Waals surface area contributed by atoms with Crippen LogP contribution in [0.5, 0.6) is 0 Å². The van der Waals surface area contributed by atoms with Crippen molar-refractivity contribution in [1.82, 2.24) is 4.68 Å². The Morgan fingerprint density at radius 3 is 2.52 bits per heavy atom. The second kappa shape index (κ2) is 7.25. The van der Waals surface area contributed by atoms with E-state index in [1.54, 1.807) is 0 Å². The highest BCUT2D eigenvalue weighted by molar-refractivity contribution is 6.30. The monoisotopic (exact) mass is 324 g/mol. The highest BCUT2D eigenvalue weighted by atomic mass is 35.5. The third-order valence-electron chi connectivity index (χ3n) is 3.70. The first-order chi connectivity index (χ1) is 11.3. The molecular formula is C19H19ClN3+. The van der Waals surface area contributed by atoms with Crippen molar-refractivity contribution in [2.75, 3.05) is 0 Å². The van der Waals surface area contributed by atoms with Crippen LogP contribution >= 0.6 is 11.6 Å². The van der Waals surface area contributed by atoms with E-state index in [2.05, 4.69) is 34.9 Å². The van der Waals surface area contributed by atoms with E-state index < -0.39 is 0 Å². The summed E-state index contributed by atoms with van der Waals surface area (Å²) in [7, 11) is 0. The molecule has 0 N–H and O–H groups in total. The topological polar surface area (TPSA) is 21.2 Å². The van der Waals surface area contributed by atoms with Crippen molar-refractivity contribution in [1.29, 1.82) is 0 Å². The van der Waals surface area contributed by atoms with Gasteiger partial charge in [0.2, 0.25) is 0 Å². The van der Waals surface area contributed by atoms with Gasteiger partial charge in [-0.05, 0) is 23.3 Å². The van der Waals surface area contributed by atoms with E-state index >= 15 is 0 Å². The van der Waals surface area contributed by atoms with Crippen LogP contribution in [0.25, 0.3) is 0 Å². The lowest BCUT2D eigenvalue weighted by atomic mass is 10.2. The SMILES string of the molecule is CCc1n(/N=C/c2ccccc2)cc[n+]1Cc1ccc(Cl)cc1. The summed E-state index contributed by atoms with van der Waals surface area (Å²) in [6.07, 6.45) is 6.85. The van der Waals surface area contributed by atoms with Crippen LogP contribution in [0.4, 0.5) is 0 Å². The minimum atomic E-state index is 0.763. The minimum absolute atomic E-state index is 0.763. The second-order valence-corrected chi connectivity index (χ2v) is 5.76. The second-order valence-electron chi connectivity index (χ2n) is 5.32. The number of rotatable bonds is 5. The van der Waals surface area contributed by atoms with Crippen molar-refractivity contribution in [2.45, 2.75) is 19.9 Å². The standard InChI is InChI=1S/C19H19ClN3/c1-2-19-22(15-17-8-10-18(20)11-9-17)12-13-23(19)21-14-16-6-4-3-5-7-16/h3-14H,2,15H2,1H3/q+1/b21-14+. The molecule has 3 nitrogen and oxygen atoms in total. The van der Waals surface area contributed by atoms with Crippen LogP contribution in [0.2, 0.25) is 5.02 Å². The Balaban J connectivity index is 1.82. The van der Waals surface area contributed by atoms with Crippen LogP contribution in [-0.4, -0.2) is 10.9 Å². The number of halogens is 1. The van der Waals surface area contributed by atoms with Crippen LogP contribution in [0.1, 0.15) is 23.9 Å². The Bertz CT molecular complexity index is 789. The van der Waals surface area contributed by atoms with Gasteiger partial charge in [-0.1, -0.05) is 66.1 Å². The molecule has 4 heteroatoms. The predicted molar refractivity (Wildman–Crippen MR) is 94.0 cm³/mol. The van der Waals surface area contributed by atoms with Crippen LogP contribution in [0.15, 0.2) is 72.1 Å². The van der Waals surface area contributed by atoms with Gasteiger partial charge in [-0.25, -0.2) is 4.57 Å². The van der Waals surface area contributed by atoms with Gasteiger partial charge in [0.25, 0.3) is 5.82 Å². The smallest absolute Gasteiger partial charge is 0.228 e. The summed E-state index contributed by atoms with van der Waals surface area (Å²) in [5.74, 6) is 1.16. The van der Waals surface area contributed by atoms with E-state index in [9.17, 15) is 0 Å². The third-order valence-corrected chi connectivity index (χ3v) is 3.95. The van der Waals surface area contributed by atoms with Crippen LogP contribution in [0, 0.1) is 0 Å². The lowest BCUT2D eigenvalue weighted by molar-refractivity contribution is -0.695. The Labute approximate surface area is 141 Å². The van der Waals surface area contributed by atoms with Crippen molar-refractivity contribution >= 4 is 17.8 Å². The number of benzene rings is 2. The van der Waals surface area contributed by atoms with Crippen LogP contribution < -0.4 is 4.57 Å². The highest BCUT2D eigenvalue weighted by Gasteiger charge is 2.15. The quantitative estimate of drug-likeness (QED) is 0.501. The Hall–Kier alpha value is -2.39. The summed E-state index contributed by atoms with van der Waals surface area (Å²) in [6.45, 7) is 2.95. The maximum absolute atomic E-state index is 5.95. The van der Waals surface area contributed by atoms with E-state index in [1.165, 1.54) is 5.56 Å². The van der Waals surface area contributed by atoms with Gasteiger partial charge in [0.15, 0.2) is 6.20 Å². The summed E-state index contributed by atoms with van der Waals surface area (Å²) in [6, 6.07) is 18.1. The molecule has 0 radical (unpaired) electrons. The molecule has 0 aliphatic carbocycles. The molecule has 0 saturated heterocycles. The van der Waals surface area contributed by atoms with Crippen molar-refractivity contribution < 1.29 is 4.57 Å². The van der Waals surface area contributed by atoms with Gasteiger partial charge in [0, 0.05) is 11.4 Å². The Kier molecular flexibility index (Phi) is 4.89. The molecule has 0 spiro atoms. The first-order valence-corrected chi connectivity index (χ1v) is 8.07. The van der Waals surface area contributed by atoms with E-state index in [0.29, 0.717) is 0 Å².